The topological polar surface area (TPSA) is 81.8 Å². The Balaban J connectivity index is 1.65. The molecule has 1 amide bonds. The number of carbonyl (C=O) groups excluding carboxylic acids is 1. The molecular formula is C19H26ClF3N4O3S. The molecule has 0 saturated carbocycles. The smallest absolute Gasteiger partial charge is 0.339 e. The summed E-state index contributed by atoms with van der Waals surface area (Å²) in [6.07, 6.45) is -3.11. The lowest BCUT2D eigenvalue weighted by Crippen LogP contribution is -2.54. The summed E-state index contributed by atoms with van der Waals surface area (Å²) < 4.78 is 65.9. The summed E-state index contributed by atoms with van der Waals surface area (Å²) in [4.78, 5) is 13.8. The molecule has 0 radical (unpaired) electrons. The molecule has 0 bridgehead atoms. The number of nitrogens with one attached hydrogen (secondary N) is 2. The van der Waals surface area contributed by atoms with Crippen LogP contribution in [0.5, 0.6) is 0 Å². The summed E-state index contributed by atoms with van der Waals surface area (Å²) in [5.41, 5.74) is 5.05. The number of hydrogen-bond acceptors (Lipinski definition) is 5. The number of rotatable bonds is 5. The molecule has 1 aromatic rings. The van der Waals surface area contributed by atoms with Crippen LogP contribution in [0.2, 0.25) is 5.02 Å². The number of carbonyl (C=O) groups is 1. The summed E-state index contributed by atoms with van der Waals surface area (Å²) in [6.45, 7) is 4.48. The van der Waals surface area contributed by atoms with Crippen LogP contribution < -0.4 is 10.9 Å². The molecule has 1 aromatic carbocycles. The number of sulfonamides is 1. The molecule has 2 saturated heterocycles. The summed E-state index contributed by atoms with van der Waals surface area (Å²) in [5, 5.41) is -0.274. The summed E-state index contributed by atoms with van der Waals surface area (Å²) in [6, 6.07) is 2.04. The van der Waals surface area contributed by atoms with Crippen LogP contribution in [0, 0.1) is 5.92 Å². The van der Waals surface area contributed by atoms with Crippen LogP contribution in [-0.4, -0.2) is 61.8 Å². The summed E-state index contributed by atoms with van der Waals surface area (Å²) in [7, 11) is -4.23. The maximum atomic E-state index is 13.0. The number of piperazine rings is 1. The largest absolute Gasteiger partial charge is 0.416 e. The van der Waals surface area contributed by atoms with E-state index in [1.807, 2.05) is 0 Å². The first kappa shape index (κ1) is 24.2. The van der Waals surface area contributed by atoms with Gasteiger partial charge in [0.25, 0.3) is 0 Å². The number of alkyl halides is 3. The molecular weight excluding hydrogens is 457 g/mol. The van der Waals surface area contributed by atoms with E-state index in [2.05, 4.69) is 24.7 Å². The molecule has 0 spiro atoms. The van der Waals surface area contributed by atoms with E-state index in [1.54, 1.807) is 4.90 Å². The van der Waals surface area contributed by atoms with Gasteiger partial charge in [0.15, 0.2) is 0 Å². The maximum absolute atomic E-state index is 13.0. The lowest BCUT2D eigenvalue weighted by atomic mass is 9.99. The standard InChI is InChI=1S/C19H26ClF3N4O3S/c1-12(2)9-14-11-16(25-24-14)18(28)26-5-7-27(8-6-26)31(29,30)17-10-13(19(21,22)23)3-4-15(17)20/h3-4,10,12,14,16,24-25H,5-9,11H2,1-2H3. The molecule has 0 aromatic heterocycles. The highest BCUT2D eigenvalue weighted by atomic mass is 35.5. The minimum absolute atomic E-state index is 0.0176. The van der Waals surface area contributed by atoms with Gasteiger partial charge in [0.2, 0.25) is 15.9 Å². The first-order valence-electron chi connectivity index (χ1n) is 10.1. The Hall–Kier alpha value is -1.40. The molecule has 2 aliphatic heterocycles. The molecule has 2 N–H and O–H groups in total. The lowest BCUT2D eigenvalue weighted by Gasteiger charge is -2.35. The normalized spacial score (nSPS) is 23.5. The Morgan fingerprint density at radius 1 is 1.19 bits per heavy atom. The number of amides is 1. The van der Waals surface area contributed by atoms with E-state index in [0.29, 0.717) is 18.4 Å². The fraction of sp³-hybridized carbons (Fsp3) is 0.632. The average molecular weight is 483 g/mol. The van der Waals surface area contributed by atoms with E-state index in [0.717, 1.165) is 22.9 Å². The molecule has 2 unspecified atom stereocenters. The Bertz CT molecular complexity index is 918. The Labute approximate surface area is 184 Å². The predicted molar refractivity (Wildman–Crippen MR) is 110 cm³/mol. The highest BCUT2D eigenvalue weighted by molar-refractivity contribution is 7.89. The molecule has 2 fully saturated rings. The first-order chi connectivity index (χ1) is 14.4. The van der Waals surface area contributed by atoms with Crippen LogP contribution in [0.15, 0.2) is 23.1 Å². The molecule has 2 aliphatic rings. The van der Waals surface area contributed by atoms with E-state index in [9.17, 15) is 26.4 Å². The maximum Gasteiger partial charge on any atom is 0.416 e. The minimum atomic E-state index is -4.68. The minimum Gasteiger partial charge on any atom is -0.339 e. The van der Waals surface area contributed by atoms with Crippen molar-refractivity contribution >= 4 is 27.5 Å². The van der Waals surface area contributed by atoms with Crippen LogP contribution in [0.25, 0.3) is 0 Å². The van der Waals surface area contributed by atoms with Crippen LogP contribution in [-0.2, 0) is 21.0 Å². The van der Waals surface area contributed by atoms with Gasteiger partial charge in [-0.1, -0.05) is 25.4 Å². The van der Waals surface area contributed by atoms with E-state index < -0.39 is 26.7 Å². The highest BCUT2D eigenvalue weighted by Gasteiger charge is 2.38. The van der Waals surface area contributed by atoms with E-state index in [-0.39, 0.29) is 49.2 Å². The zero-order chi connectivity index (χ0) is 23.0. The van der Waals surface area contributed by atoms with Gasteiger partial charge in [-0.25, -0.2) is 13.8 Å². The molecule has 31 heavy (non-hydrogen) atoms. The molecule has 2 atom stereocenters. The number of hydrazine groups is 1. The third kappa shape index (κ3) is 5.51. The van der Waals surface area contributed by atoms with Gasteiger partial charge in [0.05, 0.1) is 10.6 Å². The fourth-order valence-electron chi connectivity index (χ4n) is 3.89. The molecule has 174 valence electrons. The second-order valence-corrected chi connectivity index (χ2v) is 10.6. The van der Waals surface area contributed by atoms with Crippen molar-refractivity contribution < 1.29 is 26.4 Å². The number of hydrogen-bond donors (Lipinski definition) is 2. The molecule has 7 nitrogen and oxygen atoms in total. The Morgan fingerprint density at radius 2 is 1.84 bits per heavy atom. The predicted octanol–water partition coefficient (Wildman–Crippen LogP) is 2.47. The number of halogens is 4. The highest BCUT2D eigenvalue weighted by Crippen LogP contribution is 2.34. The van der Waals surface area contributed by atoms with Gasteiger partial charge in [-0.3, -0.25) is 10.2 Å². The monoisotopic (exact) mass is 482 g/mol. The molecule has 12 heteroatoms. The Kier molecular flexibility index (Phi) is 7.21. The van der Waals surface area contributed by atoms with Crippen LogP contribution in [0.3, 0.4) is 0 Å². The molecule has 3 rings (SSSR count). The molecule has 2 heterocycles. The van der Waals surface area contributed by atoms with Gasteiger partial charge >= 0.3 is 6.18 Å². The van der Waals surface area contributed by atoms with Crippen molar-refractivity contribution in [2.45, 2.75) is 49.8 Å². The van der Waals surface area contributed by atoms with Crippen molar-refractivity contribution in [3.05, 3.63) is 28.8 Å². The summed E-state index contributed by atoms with van der Waals surface area (Å²) in [5.74, 6) is 0.373. The average Bonchev–Trinajstić information content (AvgIpc) is 3.14. The van der Waals surface area contributed by atoms with Crippen molar-refractivity contribution in [3.8, 4) is 0 Å². The van der Waals surface area contributed by atoms with Gasteiger partial charge < -0.3 is 4.90 Å². The van der Waals surface area contributed by atoms with Crippen molar-refractivity contribution in [2.24, 2.45) is 5.92 Å². The van der Waals surface area contributed by atoms with Gasteiger partial charge in [0.1, 0.15) is 10.9 Å². The zero-order valence-corrected chi connectivity index (χ0v) is 18.8. The fourth-order valence-corrected chi connectivity index (χ4v) is 5.82. The van der Waals surface area contributed by atoms with Crippen molar-refractivity contribution in [2.75, 3.05) is 26.2 Å². The summed E-state index contributed by atoms with van der Waals surface area (Å²) >= 11 is 5.91. The van der Waals surface area contributed by atoms with Crippen molar-refractivity contribution in [3.63, 3.8) is 0 Å². The second-order valence-electron chi connectivity index (χ2n) is 8.28. The van der Waals surface area contributed by atoms with E-state index in [1.165, 1.54) is 0 Å². The lowest BCUT2D eigenvalue weighted by molar-refractivity contribution is -0.137. The zero-order valence-electron chi connectivity index (χ0n) is 17.2. The first-order valence-corrected chi connectivity index (χ1v) is 11.9. The van der Waals surface area contributed by atoms with E-state index >= 15 is 0 Å². The van der Waals surface area contributed by atoms with Gasteiger partial charge in [-0.05, 0) is 37.0 Å². The SMILES string of the molecule is CC(C)CC1CC(C(=O)N2CCN(S(=O)(=O)c3cc(C(F)(F)F)ccc3Cl)CC2)NN1. The van der Waals surface area contributed by atoms with Gasteiger partial charge in [-0.15, -0.1) is 0 Å². The second kappa shape index (κ2) is 9.22. The third-order valence-corrected chi connectivity index (χ3v) is 7.84. The Morgan fingerprint density at radius 3 is 2.42 bits per heavy atom. The van der Waals surface area contributed by atoms with E-state index in [4.69, 9.17) is 11.6 Å². The third-order valence-electron chi connectivity index (χ3n) is 5.46. The van der Waals surface area contributed by atoms with Gasteiger partial charge in [-0.2, -0.15) is 17.5 Å². The van der Waals surface area contributed by atoms with Crippen LogP contribution in [0.4, 0.5) is 13.2 Å². The van der Waals surface area contributed by atoms with Crippen molar-refractivity contribution in [1.82, 2.24) is 20.1 Å². The number of nitrogens with zero attached hydrogens (tertiary/aromatic N) is 2. The van der Waals surface area contributed by atoms with Crippen LogP contribution >= 0.6 is 11.6 Å². The van der Waals surface area contributed by atoms with Crippen LogP contribution in [0.1, 0.15) is 32.3 Å². The quantitative estimate of drug-likeness (QED) is 0.674. The number of benzene rings is 1. The van der Waals surface area contributed by atoms with Gasteiger partial charge in [0, 0.05) is 32.2 Å². The van der Waals surface area contributed by atoms with Crippen molar-refractivity contribution in [1.29, 1.82) is 0 Å². The molecule has 0 aliphatic carbocycles.